The monoisotopic (exact) mass is 399 g/mol. The number of alkyl halides is 3. The molecule has 0 aromatic carbocycles. The van der Waals surface area contributed by atoms with Gasteiger partial charge in [0.25, 0.3) is 5.91 Å². The van der Waals surface area contributed by atoms with Crippen molar-refractivity contribution in [3.05, 3.63) is 40.9 Å². The number of carbonyl (C=O) groups is 1. The van der Waals surface area contributed by atoms with Crippen LogP contribution in [0.2, 0.25) is 0 Å². The van der Waals surface area contributed by atoms with E-state index in [4.69, 9.17) is 0 Å². The molecule has 0 spiro atoms. The van der Waals surface area contributed by atoms with Crippen LogP contribution in [-0.2, 0) is 12.7 Å². The Morgan fingerprint density at radius 2 is 2.15 bits per heavy atom. The van der Waals surface area contributed by atoms with Crippen molar-refractivity contribution in [2.45, 2.75) is 39.0 Å². The van der Waals surface area contributed by atoms with E-state index in [0.717, 1.165) is 11.3 Å². The standard InChI is InChI=1S/C16H16F3N5O2S/c1-3-9(2)20-14(25)11-6-7-24(22-11)8-10-4-5-12(27-10)13-21-15(26-23-13)16(17,18)19/h4-7,9H,3,8H2,1-2H3,(H,20,25). The number of halogens is 3. The van der Waals surface area contributed by atoms with Crippen LogP contribution in [0, 0.1) is 0 Å². The quantitative estimate of drug-likeness (QED) is 0.685. The van der Waals surface area contributed by atoms with Crippen molar-refractivity contribution in [1.29, 1.82) is 0 Å². The Balaban J connectivity index is 1.68. The molecule has 1 N–H and O–H groups in total. The van der Waals surface area contributed by atoms with Gasteiger partial charge in [-0.3, -0.25) is 9.48 Å². The summed E-state index contributed by atoms with van der Waals surface area (Å²) in [5, 5.41) is 10.4. The number of thiophene rings is 1. The van der Waals surface area contributed by atoms with Gasteiger partial charge in [-0.2, -0.15) is 23.3 Å². The second-order valence-corrected chi connectivity index (χ2v) is 7.04. The summed E-state index contributed by atoms with van der Waals surface area (Å²) < 4.78 is 43.4. The summed E-state index contributed by atoms with van der Waals surface area (Å²) in [6.45, 7) is 4.24. The van der Waals surface area contributed by atoms with E-state index in [2.05, 4.69) is 25.1 Å². The first-order valence-electron chi connectivity index (χ1n) is 8.10. The Hall–Kier alpha value is -2.69. The number of nitrogens with zero attached hydrogens (tertiary/aromatic N) is 4. The van der Waals surface area contributed by atoms with Gasteiger partial charge < -0.3 is 9.84 Å². The molecule has 1 unspecified atom stereocenters. The molecule has 3 aromatic heterocycles. The molecule has 0 aliphatic carbocycles. The maximum atomic E-state index is 12.5. The number of aromatic nitrogens is 4. The Bertz CT molecular complexity index is 931. The van der Waals surface area contributed by atoms with Crippen LogP contribution in [0.25, 0.3) is 10.7 Å². The predicted octanol–water partition coefficient (Wildman–Crippen LogP) is 3.59. The van der Waals surface area contributed by atoms with Crippen LogP contribution in [-0.4, -0.2) is 31.9 Å². The van der Waals surface area contributed by atoms with Crippen LogP contribution >= 0.6 is 11.3 Å². The zero-order chi connectivity index (χ0) is 19.6. The lowest BCUT2D eigenvalue weighted by Gasteiger charge is -2.09. The molecular weight excluding hydrogens is 383 g/mol. The van der Waals surface area contributed by atoms with E-state index in [0.29, 0.717) is 17.1 Å². The number of hydrogen-bond acceptors (Lipinski definition) is 6. The molecule has 3 heterocycles. The van der Waals surface area contributed by atoms with Crippen molar-refractivity contribution in [3.63, 3.8) is 0 Å². The molecule has 0 aliphatic heterocycles. The second kappa shape index (κ2) is 7.51. The van der Waals surface area contributed by atoms with Crippen molar-refractivity contribution in [2.24, 2.45) is 0 Å². The predicted molar refractivity (Wildman–Crippen MR) is 91.2 cm³/mol. The molecule has 11 heteroatoms. The lowest BCUT2D eigenvalue weighted by atomic mass is 10.2. The zero-order valence-corrected chi connectivity index (χ0v) is 15.3. The second-order valence-electron chi connectivity index (χ2n) is 5.87. The average molecular weight is 399 g/mol. The fraction of sp³-hybridized carbons (Fsp3) is 0.375. The summed E-state index contributed by atoms with van der Waals surface area (Å²) in [7, 11) is 0. The Morgan fingerprint density at radius 1 is 1.37 bits per heavy atom. The number of nitrogens with one attached hydrogen (secondary N) is 1. The zero-order valence-electron chi connectivity index (χ0n) is 14.4. The van der Waals surface area contributed by atoms with E-state index in [1.165, 1.54) is 11.3 Å². The minimum absolute atomic E-state index is 0.0547. The van der Waals surface area contributed by atoms with Crippen molar-refractivity contribution in [3.8, 4) is 10.7 Å². The summed E-state index contributed by atoms with van der Waals surface area (Å²) in [5.74, 6) is -1.74. The molecule has 3 rings (SSSR count). The largest absolute Gasteiger partial charge is 0.471 e. The van der Waals surface area contributed by atoms with Gasteiger partial charge in [0.15, 0.2) is 0 Å². The molecule has 144 valence electrons. The minimum Gasteiger partial charge on any atom is -0.348 e. The highest BCUT2D eigenvalue weighted by molar-refractivity contribution is 7.15. The van der Waals surface area contributed by atoms with Gasteiger partial charge in [-0.25, -0.2) is 0 Å². The molecule has 0 aliphatic rings. The first-order valence-corrected chi connectivity index (χ1v) is 8.92. The summed E-state index contributed by atoms with van der Waals surface area (Å²) in [5.41, 5.74) is 0.306. The molecule has 7 nitrogen and oxygen atoms in total. The highest BCUT2D eigenvalue weighted by Gasteiger charge is 2.38. The van der Waals surface area contributed by atoms with Gasteiger partial charge in [0, 0.05) is 17.1 Å². The van der Waals surface area contributed by atoms with E-state index in [1.54, 1.807) is 29.1 Å². The molecule has 3 aromatic rings. The third-order valence-corrected chi connectivity index (χ3v) is 4.80. The van der Waals surface area contributed by atoms with E-state index >= 15 is 0 Å². The van der Waals surface area contributed by atoms with Gasteiger partial charge in [0.05, 0.1) is 11.4 Å². The van der Waals surface area contributed by atoms with E-state index in [-0.39, 0.29) is 17.8 Å². The van der Waals surface area contributed by atoms with Crippen LogP contribution in [0.3, 0.4) is 0 Å². The summed E-state index contributed by atoms with van der Waals surface area (Å²) in [6, 6.07) is 5.02. The molecular formula is C16H16F3N5O2S. The van der Waals surface area contributed by atoms with E-state index in [1.807, 2.05) is 13.8 Å². The third-order valence-electron chi connectivity index (χ3n) is 3.73. The molecule has 1 atom stereocenters. The van der Waals surface area contributed by atoms with Gasteiger partial charge in [0.2, 0.25) is 5.82 Å². The molecule has 1 amide bonds. The van der Waals surface area contributed by atoms with Crippen molar-refractivity contribution in [2.75, 3.05) is 0 Å². The summed E-state index contributed by atoms with van der Waals surface area (Å²) >= 11 is 1.22. The molecule has 0 saturated carbocycles. The molecule has 0 saturated heterocycles. The first-order chi connectivity index (χ1) is 12.8. The molecule has 0 radical (unpaired) electrons. The van der Waals surface area contributed by atoms with Gasteiger partial charge in [0.1, 0.15) is 5.69 Å². The lowest BCUT2D eigenvalue weighted by Crippen LogP contribution is -2.32. The lowest BCUT2D eigenvalue weighted by molar-refractivity contribution is -0.159. The molecule has 27 heavy (non-hydrogen) atoms. The highest BCUT2D eigenvalue weighted by atomic mass is 32.1. The maximum Gasteiger partial charge on any atom is 0.471 e. The smallest absolute Gasteiger partial charge is 0.348 e. The van der Waals surface area contributed by atoms with Gasteiger partial charge in [-0.05, 0) is 31.5 Å². The van der Waals surface area contributed by atoms with Crippen LogP contribution < -0.4 is 5.32 Å². The van der Waals surface area contributed by atoms with Crippen LogP contribution in [0.5, 0.6) is 0 Å². The SMILES string of the molecule is CCC(C)NC(=O)c1ccn(Cc2ccc(-c3noc(C(F)(F)F)n3)s2)n1. The topological polar surface area (TPSA) is 85.8 Å². The first kappa shape index (κ1) is 19.1. The molecule has 0 bridgehead atoms. The number of hydrogen-bond donors (Lipinski definition) is 1. The van der Waals surface area contributed by atoms with Crippen LogP contribution in [0.4, 0.5) is 13.2 Å². The van der Waals surface area contributed by atoms with E-state index < -0.39 is 12.1 Å². The third kappa shape index (κ3) is 4.54. The normalized spacial score (nSPS) is 12.9. The maximum absolute atomic E-state index is 12.5. The van der Waals surface area contributed by atoms with Crippen molar-refractivity contribution >= 4 is 17.2 Å². The fourth-order valence-corrected chi connectivity index (χ4v) is 3.08. The Kier molecular flexibility index (Phi) is 5.31. The van der Waals surface area contributed by atoms with Crippen molar-refractivity contribution in [1.82, 2.24) is 25.2 Å². The average Bonchev–Trinajstić information content (AvgIpc) is 3.34. The highest BCUT2D eigenvalue weighted by Crippen LogP contribution is 2.31. The number of rotatable bonds is 6. The van der Waals surface area contributed by atoms with Crippen molar-refractivity contribution < 1.29 is 22.5 Å². The van der Waals surface area contributed by atoms with Gasteiger partial charge in [-0.1, -0.05) is 12.1 Å². The summed E-state index contributed by atoms with van der Waals surface area (Å²) in [4.78, 5) is 16.7. The molecule has 0 fully saturated rings. The van der Waals surface area contributed by atoms with Gasteiger partial charge >= 0.3 is 12.1 Å². The Labute approximate surface area is 156 Å². The van der Waals surface area contributed by atoms with E-state index in [9.17, 15) is 18.0 Å². The number of amides is 1. The Morgan fingerprint density at radius 3 is 2.81 bits per heavy atom. The van der Waals surface area contributed by atoms with Crippen LogP contribution in [0.1, 0.15) is 41.5 Å². The van der Waals surface area contributed by atoms with Gasteiger partial charge in [-0.15, -0.1) is 11.3 Å². The van der Waals surface area contributed by atoms with Crippen LogP contribution in [0.15, 0.2) is 28.9 Å². The fourth-order valence-electron chi connectivity index (χ4n) is 2.15. The number of carbonyl (C=O) groups excluding carboxylic acids is 1. The minimum atomic E-state index is -4.67. The summed E-state index contributed by atoms with van der Waals surface area (Å²) in [6.07, 6.45) is -2.19.